The van der Waals surface area contributed by atoms with Crippen molar-refractivity contribution in [3.05, 3.63) is 35.4 Å². The molecule has 128 valence electrons. The summed E-state index contributed by atoms with van der Waals surface area (Å²) in [6.45, 7) is 1.25. The second-order valence-electron chi connectivity index (χ2n) is 5.72. The van der Waals surface area contributed by atoms with Crippen LogP contribution in [-0.4, -0.2) is 54.9 Å². The third-order valence-corrected chi connectivity index (χ3v) is 4.05. The van der Waals surface area contributed by atoms with Crippen LogP contribution in [-0.2, 0) is 16.1 Å². The molecule has 1 aromatic rings. The molecule has 1 atom stereocenters. The average molecular weight is 328 g/mol. The van der Waals surface area contributed by atoms with Crippen LogP contribution in [0.3, 0.4) is 0 Å². The molecule has 1 saturated heterocycles. The van der Waals surface area contributed by atoms with Gasteiger partial charge in [0.15, 0.2) is 5.60 Å². The zero-order chi connectivity index (χ0) is 16.9. The molecule has 23 heavy (non-hydrogen) atoms. The van der Waals surface area contributed by atoms with E-state index >= 15 is 0 Å². The summed E-state index contributed by atoms with van der Waals surface area (Å²) in [4.78, 5) is 13.9. The van der Waals surface area contributed by atoms with Gasteiger partial charge in [-0.25, -0.2) is 8.78 Å². The number of carbonyl (C=O) groups is 1. The number of hydrogen-bond donors (Lipinski definition) is 2. The molecule has 0 bridgehead atoms. The number of methoxy groups -OCH3 is 1. The number of benzene rings is 1. The number of aliphatic hydroxyl groups is 1. The molecule has 0 spiro atoms. The number of piperidine rings is 1. The first-order valence-electron chi connectivity index (χ1n) is 7.62. The van der Waals surface area contributed by atoms with Gasteiger partial charge in [0.1, 0.15) is 11.6 Å². The molecule has 1 fully saturated rings. The van der Waals surface area contributed by atoms with Gasteiger partial charge in [-0.3, -0.25) is 4.79 Å². The Bertz CT molecular complexity index is 536. The van der Waals surface area contributed by atoms with Crippen molar-refractivity contribution >= 4 is 5.91 Å². The molecule has 0 aromatic heterocycles. The quantitative estimate of drug-likeness (QED) is 0.786. The van der Waals surface area contributed by atoms with E-state index in [1.807, 2.05) is 0 Å². The first kappa shape index (κ1) is 17.8. The lowest BCUT2D eigenvalue weighted by molar-refractivity contribution is -0.157. The van der Waals surface area contributed by atoms with Gasteiger partial charge in [-0.2, -0.15) is 0 Å². The van der Waals surface area contributed by atoms with E-state index in [1.165, 1.54) is 18.2 Å². The van der Waals surface area contributed by atoms with Crippen LogP contribution in [0.2, 0.25) is 0 Å². The van der Waals surface area contributed by atoms with Crippen LogP contribution in [0.25, 0.3) is 0 Å². The van der Waals surface area contributed by atoms with Gasteiger partial charge in [-0.1, -0.05) is 6.07 Å². The molecule has 1 aromatic carbocycles. The van der Waals surface area contributed by atoms with Crippen molar-refractivity contribution in [1.82, 2.24) is 10.2 Å². The monoisotopic (exact) mass is 328 g/mol. The Balaban J connectivity index is 1.94. The highest BCUT2D eigenvalue weighted by Crippen LogP contribution is 2.22. The van der Waals surface area contributed by atoms with E-state index in [0.717, 1.165) is 0 Å². The minimum atomic E-state index is -1.55. The number of rotatable bonds is 7. The summed E-state index contributed by atoms with van der Waals surface area (Å²) >= 11 is 0. The summed E-state index contributed by atoms with van der Waals surface area (Å²) in [5.41, 5.74) is -1.65. The number of amides is 1. The highest BCUT2D eigenvalue weighted by atomic mass is 19.1. The lowest BCUT2D eigenvalue weighted by Gasteiger charge is -2.38. The summed E-state index contributed by atoms with van der Waals surface area (Å²) < 4.78 is 32.1. The molecular weight excluding hydrogens is 306 g/mol. The molecule has 2 N–H and O–H groups in total. The van der Waals surface area contributed by atoms with Crippen LogP contribution in [0.5, 0.6) is 0 Å². The molecule has 0 radical (unpaired) electrons. The normalized spacial score (nSPS) is 21.7. The maximum absolute atomic E-state index is 13.6. The van der Waals surface area contributed by atoms with E-state index in [9.17, 15) is 18.7 Å². The van der Waals surface area contributed by atoms with Gasteiger partial charge in [0.25, 0.3) is 5.91 Å². The second-order valence-corrected chi connectivity index (χ2v) is 5.72. The molecule has 1 amide bonds. The summed E-state index contributed by atoms with van der Waals surface area (Å²) in [5, 5.41) is 13.3. The van der Waals surface area contributed by atoms with Crippen molar-refractivity contribution in [2.45, 2.75) is 25.0 Å². The minimum Gasteiger partial charge on any atom is -0.383 e. The van der Waals surface area contributed by atoms with Crippen molar-refractivity contribution in [2.75, 3.05) is 33.4 Å². The van der Waals surface area contributed by atoms with Crippen molar-refractivity contribution in [3.8, 4) is 0 Å². The van der Waals surface area contributed by atoms with E-state index in [1.54, 1.807) is 12.0 Å². The zero-order valence-corrected chi connectivity index (χ0v) is 13.1. The van der Waals surface area contributed by atoms with Gasteiger partial charge < -0.3 is 20.1 Å². The van der Waals surface area contributed by atoms with Crippen LogP contribution in [0, 0.1) is 11.6 Å². The lowest BCUT2D eigenvalue weighted by atomic mass is 9.91. The summed E-state index contributed by atoms with van der Waals surface area (Å²) in [6.07, 6.45) is 0.990. The first-order chi connectivity index (χ1) is 11.0. The average Bonchev–Trinajstić information content (AvgIpc) is 2.52. The van der Waals surface area contributed by atoms with Crippen molar-refractivity contribution in [3.63, 3.8) is 0 Å². The molecule has 2 rings (SSSR count). The van der Waals surface area contributed by atoms with Gasteiger partial charge in [-0.05, 0) is 25.0 Å². The molecule has 1 heterocycles. The Morgan fingerprint density at radius 3 is 2.74 bits per heavy atom. The predicted molar refractivity (Wildman–Crippen MR) is 80.7 cm³/mol. The van der Waals surface area contributed by atoms with E-state index in [2.05, 4.69) is 5.32 Å². The molecule has 1 aliphatic heterocycles. The molecule has 0 saturated carbocycles. The van der Waals surface area contributed by atoms with Crippen molar-refractivity contribution in [1.29, 1.82) is 0 Å². The highest BCUT2D eigenvalue weighted by Gasteiger charge is 2.41. The van der Waals surface area contributed by atoms with Gasteiger partial charge in [0, 0.05) is 38.9 Å². The van der Waals surface area contributed by atoms with Crippen LogP contribution in [0.4, 0.5) is 8.78 Å². The number of likely N-dealkylation sites (tertiary alicyclic amines) is 1. The van der Waals surface area contributed by atoms with E-state index in [4.69, 9.17) is 4.74 Å². The number of hydrogen-bond acceptors (Lipinski definition) is 4. The molecule has 1 aliphatic rings. The number of ether oxygens (including phenoxy) is 1. The Hall–Kier alpha value is -1.57. The lowest BCUT2D eigenvalue weighted by Crippen LogP contribution is -2.58. The number of nitrogens with zero attached hydrogens (tertiary/aromatic N) is 1. The number of carbonyl (C=O) groups excluding carboxylic acids is 1. The maximum Gasteiger partial charge on any atom is 0.255 e. The molecule has 5 nitrogen and oxygen atoms in total. The summed E-state index contributed by atoms with van der Waals surface area (Å²) in [5.74, 6) is -1.68. The number of halogens is 2. The molecule has 7 heteroatoms. The standard InChI is InChI=1S/C16H22F2N2O3/c1-23-9-8-20-7-3-6-16(22,15(20)21)11-19-10-12-13(17)4-2-5-14(12)18/h2,4-5,19,22H,3,6-11H2,1H3. The van der Waals surface area contributed by atoms with Gasteiger partial charge >= 0.3 is 0 Å². The first-order valence-corrected chi connectivity index (χ1v) is 7.62. The Kier molecular flexibility index (Phi) is 6.04. The topological polar surface area (TPSA) is 61.8 Å². The SMILES string of the molecule is COCCN1CCCC(O)(CNCc2c(F)cccc2F)C1=O. The third kappa shape index (κ3) is 4.25. The van der Waals surface area contributed by atoms with Gasteiger partial charge in [-0.15, -0.1) is 0 Å². The fraction of sp³-hybridized carbons (Fsp3) is 0.562. The smallest absolute Gasteiger partial charge is 0.255 e. The Morgan fingerprint density at radius 2 is 2.09 bits per heavy atom. The van der Waals surface area contributed by atoms with Crippen LogP contribution in [0.1, 0.15) is 18.4 Å². The largest absolute Gasteiger partial charge is 0.383 e. The summed E-state index contributed by atoms with van der Waals surface area (Å²) in [6, 6.07) is 3.64. The van der Waals surface area contributed by atoms with E-state index in [0.29, 0.717) is 32.5 Å². The van der Waals surface area contributed by atoms with Crippen LogP contribution >= 0.6 is 0 Å². The van der Waals surface area contributed by atoms with Gasteiger partial charge in [0.05, 0.1) is 6.61 Å². The van der Waals surface area contributed by atoms with Crippen LogP contribution < -0.4 is 5.32 Å². The van der Waals surface area contributed by atoms with E-state index in [-0.39, 0.29) is 24.6 Å². The Morgan fingerprint density at radius 1 is 1.39 bits per heavy atom. The summed E-state index contributed by atoms with van der Waals surface area (Å²) in [7, 11) is 1.55. The van der Waals surface area contributed by atoms with Crippen molar-refractivity contribution in [2.24, 2.45) is 0 Å². The molecule has 1 unspecified atom stereocenters. The van der Waals surface area contributed by atoms with Crippen LogP contribution in [0.15, 0.2) is 18.2 Å². The molecular formula is C16H22F2N2O3. The fourth-order valence-corrected chi connectivity index (χ4v) is 2.74. The molecule has 0 aliphatic carbocycles. The fourth-order valence-electron chi connectivity index (χ4n) is 2.74. The van der Waals surface area contributed by atoms with E-state index < -0.39 is 17.2 Å². The highest BCUT2D eigenvalue weighted by molar-refractivity contribution is 5.86. The zero-order valence-electron chi connectivity index (χ0n) is 13.1. The van der Waals surface area contributed by atoms with Crippen molar-refractivity contribution < 1.29 is 23.4 Å². The third-order valence-electron chi connectivity index (χ3n) is 4.05. The minimum absolute atomic E-state index is 0.0525. The maximum atomic E-state index is 13.6. The second kappa shape index (κ2) is 7.81. The Labute approximate surface area is 134 Å². The predicted octanol–water partition coefficient (Wildman–Crippen LogP) is 1.05. The van der Waals surface area contributed by atoms with Gasteiger partial charge in [0.2, 0.25) is 0 Å². The number of nitrogens with one attached hydrogen (secondary N) is 1.